The number of nitrogens with one attached hydrogen (secondary N) is 2. The van der Waals surface area contributed by atoms with Crippen molar-refractivity contribution in [2.45, 2.75) is 23.3 Å². The van der Waals surface area contributed by atoms with Gasteiger partial charge in [-0.05, 0) is 54.6 Å². The van der Waals surface area contributed by atoms with E-state index < -0.39 is 0 Å². The molecule has 0 radical (unpaired) electrons. The molecule has 1 aromatic heterocycles. The minimum atomic E-state index is -0.212. The zero-order valence-electron chi connectivity index (χ0n) is 15.8. The van der Waals surface area contributed by atoms with E-state index in [0.29, 0.717) is 22.1 Å². The lowest BCUT2D eigenvalue weighted by molar-refractivity contribution is -0.119. The first kappa shape index (κ1) is 21.2. The van der Waals surface area contributed by atoms with Crippen molar-refractivity contribution in [2.24, 2.45) is 0 Å². The lowest BCUT2D eigenvalue weighted by Gasteiger charge is -2.09. The molecule has 150 valence electrons. The normalized spacial score (nSPS) is 10.4. The van der Waals surface area contributed by atoms with Crippen LogP contribution in [0.3, 0.4) is 0 Å². The van der Waals surface area contributed by atoms with Crippen molar-refractivity contribution in [1.82, 2.24) is 5.32 Å². The van der Waals surface area contributed by atoms with E-state index in [-0.39, 0.29) is 11.8 Å². The van der Waals surface area contributed by atoms with Crippen LogP contribution in [0.2, 0.25) is 5.02 Å². The number of hydrogen-bond donors (Lipinski definition) is 2. The molecule has 2 aromatic carbocycles. The van der Waals surface area contributed by atoms with E-state index in [1.54, 1.807) is 19.2 Å². The summed E-state index contributed by atoms with van der Waals surface area (Å²) in [5.74, 6) is 0.481. The number of thiophene rings is 1. The molecule has 0 saturated carbocycles. The summed E-state index contributed by atoms with van der Waals surface area (Å²) in [7, 11) is 1.63. The van der Waals surface area contributed by atoms with Crippen molar-refractivity contribution in [3.05, 3.63) is 69.4 Å². The lowest BCUT2D eigenvalue weighted by Crippen LogP contribution is -2.18. The highest BCUT2D eigenvalue weighted by molar-refractivity contribution is 7.99. The number of ether oxygens (including phenoxy) is 1. The topological polar surface area (TPSA) is 67.4 Å². The Morgan fingerprint density at radius 3 is 2.52 bits per heavy atom. The van der Waals surface area contributed by atoms with Gasteiger partial charge in [0, 0.05) is 27.3 Å². The summed E-state index contributed by atoms with van der Waals surface area (Å²) in [5, 5.41) is 6.13. The highest BCUT2D eigenvalue weighted by Crippen LogP contribution is 2.35. The Morgan fingerprint density at radius 2 is 1.86 bits per heavy atom. The van der Waals surface area contributed by atoms with Crippen molar-refractivity contribution >= 4 is 52.2 Å². The maximum atomic E-state index is 12.5. The molecule has 0 aliphatic heterocycles. The number of methoxy groups -OCH3 is 1. The lowest BCUT2D eigenvalue weighted by atomic mass is 10.3. The van der Waals surface area contributed by atoms with Crippen LogP contribution in [-0.4, -0.2) is 18.9 Å². The molecule has 0 aliphatic rings. The van der Waals surface area contributed by atoms with Crippen LogP contribution in [-0.2, 0) is 11.3 Å². The molecule has 29 heavy (non-hydrogen) atoms. The average Bonchev–Trinajstić information content (AvgIpc) is 3.18. The molecule has 1 heterocycles. The number of halogens is 1. The Balaban J connectivity index is 1.63. The highest BCUT2D eigenvalue weighted by atomic mass is 35.5. The number of carbonyl (C=O) groups is 2. The third-order valence-corrected chi connectivity index (χ3v) is 6.47. The second-order valence-corrected chi connectivity index (χ2v) is 8.74. The number of benzene rings is 2. The Bertz CT molecular complexity index is 1020. The number of rotatable bonds is 7. The highest BCUT2D eigenvalue weighted by Gasteiger charge is 2.11. The van der Waals surface area contributed by atoms with E-state index in [1.165, 1.54) is 30.0 Å². The zero-order chi connectivity index (χ0) is 20.8. The van der Waals surface area contributed by atoms with Gasteiger partial charge in [0.25, 0.3) is 5.91 Å². The Morgan fingerprint density at radius 1 is 1.10 bits per heavy atom. The van der Waals surface area contributed by atoms with Gasteiger partial charge < -0.3 is 15.4 Å². The maximum absolute atomic E-state index is 12.5. The van der Waals surface area contributed by atoms with Crippen LogP contribution in [0.4, 0.5) is 5.69 Å². The van der Waals surface area contributed by atoms with Gasteiger partial charge in [-0.2, -0.15) is 0 Å². The van der Waals surface area contributed by atoms with Crippen molar-refractivity contribution in [3.8, 4) is 5.75 Å². The van der Waals surface area contributed by atoms with Crippen molar-refractivity contribution < 1.29 is 14.3 Å². The number of anilines is 1. The molecule has 3 aromatic rings. The van der Waals surface area contributed by atoms with E-state index in [0.717, 1.165) is 20.4 Å². The van der Waals surface area contributed by atoms with Gasteiger partial charge in [-0.3, -0.25) is 9.59 Å². The van der Waals surface area contributed by atoms with Gasteiger partial charge in [-0.1, -0.05) is 23.4 Å². The fourth-order valence-corrected chi connectivity index (χ4v) is 4.39. The largest absolute Gasteiger partial charge is 0.497 e. The smallest absolute Gasteiger partial charge is 0.265 e. The van der Waals surface area contributed by atoms with Crippen LogP contribution in [0.25, 0.3) is 0 Å². The van der Waals surface area contributed by atoms with E-state index in [1.807, 2.05) is 42.5 Å². The Labute approximate surface area is 182 Å². The van der Waals surface area contributed by atoms with Crippen LogP contribution in [0, 0.1) is 0 Å². The maximum Gasteiger partial charge on any atom is 0.265 e. The first-order valence-corrected chi connectivity index (χ1v) is 10.7. The molecule has 3 rings (SSSR count). The molecular weight excluding hydrogens is 428 g/mol. The SMILES string of the molecule is COc1ccc(Sc2ccc(NC(=O)c3ccc(CNC(C)=O)s3)cc2Cl)cc1. The predicted octanol–water partition coefficient (Wildman–Crippen LogP) is 5.45. The first-order valence-electron chi connectivity index (χ1n) is 8.70. The molecule has 0 aliphatic carbocycles. The molecule has 0 unspecified atom stereocenters. The van der Waals surface area contributed by atoms with Gasteiger partial charge in [-0.15, -0.1) is 11.3 Å². The van der Waals surface area contributed by atoms with Crippen LogP contribution < -0.4 is 15.4 Å². The average molecular weight is 447 g/mol. The quantitative estimate of drug-likeness (QED) is 0.506. The van der Waals surface area contributed by atoms with E-state index in [2.05, 4.69) is 10.6 Å². The summed E-state index contributed by atoms with van der Waals surface area (Å²) in [6, 6.07) is 16.7. The number of hydrogen-bond acceptors (Lipinski definition) is 5. The van der Waals surface area contributed by atoms with Gasteiger partial charge in [0.1, 0.15) is 5.75 Å². The second kappa shape index (κ2) is 9.82. The van der Waals surface area contributed by atoms with Gasteiger partial charge in [0.15, 0.2) is 0 Å². The number of amides is 2. The van der Waals surface area contributed by atoms with Gasteiger partial charge >= 0.3 is 0 Å². The van der Waals surface area contributed by atoms with Gasteiger partial charge in [-0.25, -0.2) is 0 Å². The van der Waals surface area contributed by atoms with Crippen LogP contribution in [0.1, 0.15) is 21.5 Å². The zero-order valence-corrected chi connectivity index (χ0v) is 18.2. The molecule has 0 atom stereocenters. The minimum Gasteiger partial charge on any atom is -0.497 e. The molecule has 5 nitrogen and oxygen atoms in total. The summed E-state index contributed by atoms with van der Waals surface area (Å²) in [6.45, 7) is 1.87. The van der Waals surface area contributed by atoms with Crippen molar-refractivity contribution in [3.63, 3.8) is 0 Å². The molecule has 2 N–H and O–H groups in total. The standard InChI is InChI=1S/C21H19ClN2O3S2/c1-13(25)23-12-17-8-10-20(29-17)21(26)24-14-3-9-19(18(22)11-14)28-16-6-4-15(27-2)5-7-16/h3-11H,12H2,1-2H3,(H,23,25)(H,24,26). The molecular formula is C21H19ClN2O3S2. The third-order valence-electron chi connectivity index (χ3n) is 3.87. The molecule has 8 heteroatoms. The van der Waals surface area contributed by atoms with Gasteiger partial charge in [0.2, 0.25) is 5.91 Å². The third kappa shape index (κ3) is 6.00. The molecule has 0 spiro atoms. The van der Waals surface area contributed by atoms with Crippen LogP contribution >= 0.6 is 34.7 Å². The summed E-state index contributed by atoms with van der Waals surface area (Å²) >= 11 is 9.28. The molecule has 0 fully saturated rings. The number of carbonyl (C=O) groups excluding carboxylic acids is 2. The Hall–Kier alpha value is -2.48. The van der Waals surface area contributed by atoms with Gasteiger partial charge in [0.05, 0.1) is 23.6 Å². The van der Waals surface area contributed by atoms with Crippen molar-refractivity contribution in [1.29, 1.82) is 0 Å². The van der Waals surface area contributed by atoms with Crippen molar-refractivity contribution in [2.75, 3.05) is 12.4 Å². The second-order valence-electron chi connectivity index (χ2n) is 6.05. The van der Waals surface area contributed by atoms with Crippen LogP contribution in [0.5, 0.6) is 5.75 Å². The molecule has 0 saturated heterocycles. The monoisotopic (exact) mass is 446 g/mol. The van der Waals surface area contributed by atoms with E-state index >= 15 is 0 Å². The van der Waals surface area contributed by atoms with Crippen LogP contribution in [0.15, 0.2) is 64.4 Å². The Kier molecular flexibility index (Phi) is 7.19. The molecule has 0 bridgehead atoms. The van der Waals surface area contributed by atoms with E-state index in [4.69, 9.17) is 16.3 Å². The fourth-order valence-electron chi connectivity index (χ4n) is 2.43. The summed E-state index contributed by atoms with van der Waals surface area (Å²) in [6.07, 6.45) is 0. The first-order chi connectivity index (χ1) is 13.9. The fraction of sp³-hybridized carbons (Fsp3) is 0.143. The summed E-state index contributed by atoms with van der Waals surface area (Å²) in [5.41, 5.74) is 0.621. The van der Waals surface area contributed by atoms with E-state index in [9.17, 15) is 9.59 Å². The summed E-state index contributed by atoms with van der Waals surface area (Å²) < 4.78 is 5.16. The minimum absolute atomic E-state index is 0.105. The summed E-state index contributed by atoms with van der Waals surface area (Å²) in [4.78, 5) is 26.9. The molecule has 2 amide bonds. The predicted molar refractivity (Wildman–Crippen MR) is 118 cm³/mol.